The average molecular weight is 251 g/mol. The molecule has 0 radical (unpaired) electrons. The summed E-state index contributed by atoms with van der Waals surface area (Å²) in [5.74, 6) is -1.44. The summed E-state index contributed by atoms with van der Waals surface area (Å²) in [5, 5.41) is 16.9. The molecule has 0 aliphatic rings. The van der Waals surface area contributed by atoms with Gasteiger partial charge in [0.25, 0.3) is 5.91 Å². The highest BCUT2D eigenvalue weighted by atomic mass is 32.1. The first-order chi connectivity index (χ1) is 8.09. The number of hydrogen-bond donors (Lipinski definition) is 2. The Labute approximate surface area is 100 Å². The van der Waals surface area contributed by atoms with E-state index in [1.165, 1.54) is 10.9 Å². The fraction of sp³-hybridized carbons (Fsp3) is 0.100. The number of nitrogens with one attached hydrogen (secondary N) is 1. The van der Waals surface area contributed by atoms with Crippen molar-refractivity contribution >= 4 is 28.9 Å². The van der Waals surface area contributed by atoms with E-state index in [0.717, 1.165) is 11.3 Å². The summed E-state index contributed by atoms with van der Waals surface area (Å²) in [6.45, 7) is 0. The van der Waals surface area contributed by atoms with Gasteiger partial charge in [-0.1, -0.05) is 0 Å². The Bertz CT molecular complexity index is 573. The van der Waals surface area contributed by atoms with Gasteiger partial charge in [0.05, 0.1) is 5.69 Å². The number of carboxylic acids is 1. The van der Waals surface area contributed by atoms with E-state index in [2.05, 4.69) is 10.4 Å². The molecule has 1 amide bonds. The molecule has 2 aromatic heterocycles. The predicted octanol–water partition coefficient (Wildman–Crippen LogP) is 1.43. The molecule has 17 heavy (non-hydrogen) atoms. The minimum Gasteiger partial charge on any atom is -0.477 e. The number of nitrogens with zero attached hydrogens (tertiary/aromatic N) is 2. The van der Waals surface area contributed by atoms with Crippen molar-refractivity contribution in [2.45, 2.75) is 0 Å². The Morgan fingerprint density at radius 2 is 2.24 bits per heavy atom. The molecule has 0 aliphatic carbocycles. The van der Waals surface area contributed by atoms with Gasteiger partial charge < -0.3 is 10.4 Å². The SMILES string of the molecule is Cn1nccc1C(=O)Nc1ccsc1C(=O)O. The maximum absolute atomic E-state index is 11.8. The van der Waals surface area contributed by atoms with Crippen molar-refractivity contribution in [1.29, 1.82) is 0 Å². The lowest BCUT2D eigenvalue weighted by molar-refractivity contribution is 0.0703. The summed E-state index contributed by atoms with van der Waals surface area (Å²) in [6, 6.07) is 3.12. The second kappa shape index (κ2) is 4.38. The number of aryl methyl sites for hydroxylation is 1. The van der Waals surface area contributed by atoms with E-state index < -0.39 is 5.97 Å². The molecule has 2 N–H and O–H groups in total. The van der Waals surface area contributed by atoms with Crippen LogP contribution in [-0.2, 0) is 7.05 Å². The predicted molar refractivity (Wildman–Crippen MR) is 62.4 cm³/mol. The van der Waals surface area contributed by atoms with Gasteiger partial charge >= 0.3 is 5.97 Å². The van der Waals surface area contributed by atoms with E-state index in [9.17, 15) is 9.59 Å². The van der Waals surface area contributed by atoms with Crippen molar-refractivity contribution in [3.8, 4) is 0 Å². The van der Waals surface area contributed by atoms with Crippen LogP contribution >= 0.6 is 11.3 Å². The maximum Gasteiger partial charge on any atom is 0.348 e. The number of thiophene rings is 1. The number of rotatable bonds is 3. The number of carbonyl (C=O) groups is 2. The Morgan fingerprint density at radius 3 is 2.82 bits per heavy atom. The van der Waals surface area contributed by atoms with Gasteiger partial charge in [-0.25, -0.2) is 4.79 Å². The highest BCUT2D eigenvalue weighted by Crippen LogP contribution is 2.22. The molecule has 0 saturated heterocycles. The lowest BCUT2D eigenvalue weighted by Crippen LogP contribution is -2.17. The second-order valence-electron chi connectivity index (χ2n) is 3.26. The molecule has 0 aliphatic heterocycles. The zero-order chi connectivity index (χ0) is 12.4. The minimum absolute atomic E-state index is 0.112. The number of hydrogen-bond acceptors (Lipinski definition) is 4. The Balaban J connectivity index is 2.22. The fourth-order valence-corrected chi connectivity index (χ4v) is 2.04. The highest BCUT2D eigenvalue weighted by molar-refractivity contribution is 7.12. The standard InChI is InChI=1S/C10H9N3O3S/c1-13-7(2-4-11-13)9(14)12-6-3-5-17-8(6)10(15)16/h2-5H,1H3,(H,12,14)(H,15,16). The molecule has 0 unspecified atom stereocenters. The first-order valence-electron chi connectivity index (χ1n) is 4.69. The van der Waals surface area contributed by atoms with Gasteiger partial charge in [0, 0.05) is 13.2 Å². The van der Waals surface area contributed by atoms with Gasteiger partial charge in [0.15, 0.2) is 0 Å². The lowest BCUT2D eigenvalue weighted by atomic mass is 10.3. The van der Waals surface area contributed by atoms with E-state index in [4.69, 9.17) is 5.11 Å². The molecule has 0 fully saturated rings. The van der Waals surface area contributed by atoms with Gasteiger partial charge in [0.2, 0.25) is 0 Å². The van der Waals surface area contributed by atoms with E-state index in [1.54, 1.807) is 24.6 Å². The maximum atomic E-state index is 11.8. The summed E-state index contributed by atoms with van der Waals surface area (Å²) in [7, 11) is 1.64. The van der Waals surface area contributed by atoms with Crippen molar-refractivity contribution in [2.24, 2.45) is 7.05 Å². The largest absolute Gasteiger partial charge is 0.477 e. The third-order valence-corrected chi connectivity index (χ3v) is 3.06. The van der Waals surface area contributed by atoms with Crippen molar-refractivity contribution in [1.82, 2.24) is 9.78 Å². The van der Waals surface area contributed by atoms with E-state index in [1.807, 2.05) is 0 Å². The van der Waals surface area contributed by atoms with Crippen LogP contribution in [0, 0.1) is 0 Å². The van der Waals surface area contributed by atoms with Gasteiger partial charge in [-0.3, -0.25) is 9.48 Å². The molecular formula is C10H9N3O3S. The van der Waals surface area contributed by atoms with Crippen LogP contribution in [0.1, 0.15) is 20.2 Å². The van der Waals surface area contributed by atoms with Crippen molar-refractivity contribution < 1.29 is 14.7 Å². The number of aromatic nitrogens is 2. The topological polar surface area (TPSA) is 84.2 Å². The van der Waals surface area contributed by atoms with Crippen molar-refractivity contribution in [3.05, 3.63) is 34.3 Å². The smallest absolute Gasteiger partial charge is 0.348 e. The fourth-order valence-electron chi connectivity index (χ4n) is 1.36. The zero-order valence-electron chi connectivity index (χ0n) is 8.88. The van der Waals surface area contributed by atoms with Gasteiger partial charge in [-0.2, -0.15) is 5.10 Å². The molecule has 0 atom stereocenters. The molecule has 0 saturated carbocycles. The molecule has 2 rings (SSSR count). The zero-order valence-corrected chi connectivity index (χ0v) is 9.69. The van der Waals surface area contributed by atoms with Crippen LogP contribution in [0.3, 0.4) is 0 Å². The third-order valence-electron chi connectivity index (χ3n) is 2.16. The summed E-state index contributed by atoms with van der Waals surface area (Å²) in [5.41, 5.74) is 0.668. The van der Waals surface area contributed by atoms with Crippen molar-refractivity contribution in [2.75, 3.05) is 5.32 Å². The Morgan fingerprint density at radius 1 is 1.47 bits per heavy atom. The molecular weight excluding hydrogens is 242 g/mol. The number of amides is 1. The number of carbonyl (C=O) groups excluding carboxylic acids is 1. The number of carboxylic acid groups (broad SMARTS) is 1. The highest BCUT2D eigenvalue weighted by Gasteiger charge is 2.16. The van der Waals surface area contributed by atoms with E-state index in [0.29, 0.717) is 11.4 Å². The van der Waals surface area contributed by atoms with Crippen LogP contribution in [0.15, 0.2) is 23.7 Å². The first kappa shape index (κ1) is 11.3. The second-order valence-corrected chi connectivity index (χ2v) is 4.18. The van der Waals surface area contributed by atoms with Crippen LogP contribution in [0.4, 0.5) is 5.69 Å². The molecule has 0 bridgehead atoms. The number of anilines is 1. The van der Waals surface area contributed by atoms with Gasteiger partial charge in [-0.05, 0) is 17.5 Å². The molecule has 88 valence electrons. The minimum atomic E-state index is -1.06. The van der Waals surface area contributed by atoms with Crippen LogP contribution in [0.25, 0.3) is 0 Å². The van der Waals surface area contributed by atoms with Gasteiger partial charge in [-0.15, -0.1) is 11.3 Å². The Kier molecular flexibility index (Phi) is 2.92. The normalized spacial score (nSPS) is 10.2. The molecule has 6 nitrogen and oxygen atoms in total. The van der Waals surface area contributed by atoms with Crippen molar-refractivity contribution in [3.63, 3.8) is 0 Å². The Hall–Kier alpha value is -2.15. The summed E-state index contributed by atoms with van der Waals surface area (Å²) in [6.07, 6.45) is 1.50. The first-order valence-corrected chi connectivity index (χ1v) is 5.57. The van der Waals surface area contributed by atoms with Crippen LogP contribution in [-0.4, -0.2) is 26.8 Å². The summed E-state index contributed by atoms with van der Waals surface area (Å²) in [4.78, 5) is 22.8. The summed E-state index contributed by atoms with van der Waals surface area (Å²) >= 11 is 1.06. The quantitative estimate of drug-likeness (QED) is 0.864. The van der Waals surface area contributed by atoms with Gasteiger partial charge in [0.1, 0.15) is 10.6 Å². The molecule has 2 heterocycles. The van der Waals surface area contributed by atoms with Crippen LogP contribution in [0.2, 0.25) is 0 Å². The number of aromatic carboxylic acids is 1. The van der Waals surface area contributed by atoms with E-state index >= 15 is 0 Å². The molecule has 2 aromatic rings. The third kappa shape index (κ3) is 2.18. The lowest BCUT2D eigenvalue weighted by Gasteiger charge is -2.04. The molecule has 0 spiro atoms. The molecule has 0 aromatic carbocycles. The summed E-state index contributed by atoms with van der Waals surface area (Å²) < 4.78 is 1.42. The van der Waals surface area contributed by atoms with Crippen LogP contribution < -0.4 is 5.32 Å². The van der Waals surface area contributed by atoms with Crippen LogP contribution in [0.5, 0.6) is 0 Å². The van der Waals surface area contributed by atoms with E-state index in [-0.39, 0.29) is 10.8 Å². The average Bonchev–Trinajstić information content (AvgIpc) is 2.86. The molecule has 7 heteroatoms. The monoisotopic (exact) mass is 251 g/mol.